The predicted molar refractivity (Wildman–Crippen MR) is 115 cm³/mol. The highest BCUT2D eigenvalue weighted by Crippen LogP contribution is 2.11. The van der Waals surface area contributed by atoms with Crippen molar-refractivity contribution in [1.82, 2.24) is 25.4 Å². The number of benzene rings is 2. The van der Waals surface area contributed by atoms with Gasteiger partial charge in [-0.25, -0.2) is 9.67 Å². The molecular formula is C23H27N5O2. The number of carbonyl (C=O) groups is 2. The van der Waals surface area contributed by atoms with E-state index in [1.54, 1.807) is 17.1 Å². The lowest BCUT2D eigenvalue weighted by Crippen LogP contribution is -2.49. The first-order valence-corrected chi connectivity index (χ1v) is 9.98. The molecule has 0 aliphatic heterocycles. The molecule has 0 saturated heterocycles. The summed E-state index contributed by atoms with van der Waals surface area (Å²) in [6, 6.07) is 14.7. The largest absolute Gasteiger partial charge is 0.350 e. The second kappa shape index (κ2) is 9.82. The first kappa shape index (κ1) is 21.2. The average molecular weight is 406 g/mol. The fourth-order valence-corrected chi connectivity index (χ4v) is 3.22. The van der Waals surface area contributed by atoms with Crippen LogP contribution in [0.2, 0.25) is 0 Å². The molecule has 0 bridgehead atoms. The van der Waals surface area contributed by atoms with Gasteiger partial charge in [0.15, 0.2) is 0 Å². The lowest BCUT2D eigenvalue weighted by Gasteiger charge is -2.22. The quantitative estimate of drug-likeness (QED) is 0.603. The van der Waals surface area contributed by atoms with E-state index in [0.29, 0.717) is 18.7 Å². The van der Waals surface area contributed by atoms with Gasteiger partial charge in [-0.3, -0.25) is 9.59 Å². The Balaban J connectivity index is 1.61. The molecule has 2 aromatic carbocycles. The Hall–Kier alpha value is -3.48. The number of nitrogens with one attached hydrogen (secondary N) is 2. The van der Waals surface area contributed by atoms with E-state index in [2.05, 4.69) is 20.7 Å². The average Bonchev–Trinajstić information content (AvgIpc) is 3.23. The SMILES string of the molecule is Cc1ccccc1C(=O)NC(C(=O)NCc1cccc(Cn2cncn2)c1)C(C)C. The van der Waals surface area contributed by atoms with Gasteiger partial charge < -0.3 is 10.6 Å². The molecule has 1 atom stereocenters. The Labute approximate surface area is 176 Å². The van der Waals surface area contributed by atoms with Gasteiger partial charge in [-0.15, -0.1) is 0 Å². The van der Waals surface area contributed by atoms with Gasteiger partial charge in [0.25, 0.3) is 5.91 Å². The smallest absolute Gasteiger partial charge is 0.252 e. The molecular weight excluding hydrogens is 378 g/mol. The Morgan fingerprint density at radius 3 is 2.53 bits per heavy atom. The van der Waals surface area contributed by atoms with Crippen molar-refractivity contribution < 1.29 is 9.59 Å². The molecule has 1 aromatic heterocycles. The van der Waals surface area contributed by atoms with Gasteiger partial charge in [0.05, 0.1) is 6.54 Å². The molecule has 1 heterocycles. The monoisotopic (exact) mass is 405 g/mol. The van der Waals surface area contributed by atoms with Crippen LogP contribution in [0.3, 0.4) is 0 Å². The zero-order valence-electron chi connectivity index (χ0n) is 17.5. The number of hydrogen-bond donors (Lipinski definition) is 2. The maximum absolute atomic E-state index is 12.8. The van der Waals surface area contributed by atoms with E-state index in [1.807, 2.05) is 63.2 Å². The van der Waals surface area contributed by atoms with E-state index in [4.69, 9.17) is 0 Å². The second-order valence-electron chi connectivity index (χ2n) is 7.64. The molecule has 0 saturated carbocycles. The third-order valence-corrected chi connectivity index (χ3v) is 4.89. The number of aromatic nitrogens is 3. The summed E-state index contributed by atoms with van der Waals surface area (Å²) in [5.74, 6) is -0.484. The molecule has 30 heavy (non-hydrogen) atoms. The van der Waals surface area contributed by atoms with E-state index in [1.165, 1.54) is 6.33 Å². The summed E-state index contributed by atoms with van der Waals surface area (Å²) in [6.07, 6.45) is 3.17. The third kappa shape index (κ3) is 5.53. The van der Waals surface area contributed by atoms with E-state index in [9.17, 15) is 9.59 Å². The Kier molecular flexibility index (Phi) is 6.95. The molecule has 156 valence electrons. The van der Waals surface area contributed by atoms with Crippen molar-refractivity contribution in [2.45, 2.75) is 39.9 Å². The first-order valence-electron chi connectivity index (χ1n) is 9.98. The van der Waals surface area contributed by atoms with Gasteiger partial charge in [0, 0.05) is 12.1 Å². The zero-order valence-corrected chi connectivity index (χ0v) is 17.5. The van der Waals surface area contributed by atoms with Crippen LogP contribution in [-0.2, 0) is 17.9 Å². The predicted octanol–water partition coefficient (Wildman–Crippen LogP) is 2.71. The van der Waals surface area contributed by atoms with Crippen LogP contribution in [-0.4, -0.2) is 32.6 Å². The highest BCUT2D eigenvalue weighted by Gasteiger charge is 2.25. The summed E-state index contributed by atoms with van der Waals surface area (Å²) in [5, 5.41) is 9.94. The summed E-state index contributed by atoms with van der Waals surface area (Å²) >= 11 is 0. The molecule has 0 radical (unpaired) electrons. The molecule has 1 unspecified atom stereocenters. The number of hydrogen-bond acceptors (Lipinski definition) is 4. The van der Waals surface area contributed by atoms with E-state index >= 15 is 0 Å². The Morgan fingerprint density at radius 2 is 1.83 bits per heavy atom. The standard InChI is InChI=1S/C23H27N5O2/c1-16(2)21(27-22(29)20-10-5-4-7-17(20)3)23(30)25-12-18-8-6-9-19(11-18)13-28-15-24-14-26-28/h4-11,14-16,21H,12-13H2,1-3H3,(H,25,30)(H,27,29). The maximum Gasteiger partial charge on any atom is 0.252 e. The van der Waals surface area contributed by atoms with E-state index in [-0.39, 0.29) is 17.7 Å². The summed E-state index contributed by atoms with van der Waals surface area (Å²) in [7, 11) is 0. The highest BCUT2D eigenvalue weighted by atomic mass is 16.2. The molecule has 0 spiro atoms. The highest BCUT2D eigenvalue weighted by molar-refractivity contribution is 5.98. The fourth-order valence-electron chi connectivity index (χ4n) is 3.22. The molecule has 2 amide bonds. The van der Waals surface area contributed by atoms with Crippen molar-refractivity contribution in [2.75, 3.05) is 0 Å². The third-order valence-electron chi connectivity index (χ3n) is 4.89. The fraction of sp³-hybridized carbons (Fsp3) is 0.304. The first-order chi connectivity index (χ1) is 14.4. The molecule has 7 heteroatoms. The Morgan fingerprint density at radius 1 is 1.07 bits per heavy atom. The second-order valence-corrected chi connectivity index (χ2v) is 7.64. The van der Waals surface area contributed by atoms with Gasteiger partial charge in [-0.2, -0.15) is 5.10 Å². The molecule has 0 aliphatic carbocycles. The molecule has 3 rings (SSSR count). The maximum atomic E-state index is 12.8. The summed E-state index contributed by atoms with van der Waals surface area (Å²) in [5.41, 5.74) is 3.51. The molecule has 2 N–H and O–H groups in total. The Bertz CT molecular complexity index is 998. The van der Waals surface area contributed by atoms with Crippen LogP contribution in [0.5, 0.6) is 0 Å². The minimum Gasteiger partial charge on any atom is -0.350 e. The summed E-state index contributed by atoms with van der Waals surface area (Å²) in [4.78, 5) is 29.4. The number of aryl methyl sites for hydroxylation is 1. The van der Waals surface area contributed by atoms with Crippen molar-refractivity contribution >= 4 is 11.8 Å². The van der Waals surface area contributed by atoms with Crippen molar-refractivity contribution in [3.63, 3.8) is 0 Å². The molecule has 0 fully saturated rings. The van der Waals surface area contributed by atoms with Gasteiger partial charge in [0.2, 0.25) is 5.91 Å². The number of amides is 2. The summed E-state index contributed by atoms with van der Waals surface area (Å²) < 4.78 is 1.74. The zero-order chi connectivity index (χ0) is 21.5. The molecule has 3 aromatic rings. The lowest BCUT2D eigenvalue weighted by molar-refractivity contribution is -0.124. The van der Waals surface area contributed by atoms with Crippen molar-refractivity contribution in [3.8, 4) is 0 Å². The number of rotatable bonds is 8. The normalized spacial score (nSPS) is 11.9. The lowest BCUT2D eigenvalue weighted by atomic mass is 10.0. The number of carbonyl (C=O) groups excluding carboxylic acids is 2. The minimum atomic E-state index is -0.615. The molecule has 7 nitrogen and oxygen atoms in total. The summed E-state index contributed by atoms with van der Waals surface area (Å²) in [6.45, 7) is 6.71. The van der Waals surface area contributed by atoms with Crippen LogP contribution < -0.4 is 10.6 Å². The van der Waals surface area contributed by atoms with Crippen molar-refractivity contribution in [1.29, 1.82) is 0 Å². The van der Waals surface area contributed by atoms with Crippen LogP contribution in [0.25, 0.3) is 0 Å². The minimum absolute atomic E-state index is 0.0448. The van der Waals surface area contributed by atoms with Crippen molar-refractivity contribution in [2.24, 2.45) is 5.92 Å². The van der Waals surface area contributed by atoms with Gasteiger partial charge in [-0.05, 0) is 35.6 Å². The van der Waals surface area contributed by atoms with Crippen LogP contribution in [0, 0.1) is 12.8 Å². The van der Waals surface area contributed by atoms with Crippen LogP contribution >= 0.6 is 0 Å². The van der Waals surface area contributed by atoms with Gasteiger partial charge in [-0.1, -0.05) is 56.3 Å². The van der Waals surface area contributed by atoms with Crippen LogP contribution in [0.15, 0.2) is 61.2 Å². The van der Waals surface area contributed by atoms with E-state index < -0.39 is 6.04 Å². The molecule has 0 aliphatic rings. The van der Waals surface area contributed by atoms with E-state index in [0.717, 1.165) is 16.7 Å². The van der Waals surface area contributed by atoms with Gasteiger partial charge in [0.1, 0.15) is 18.7 Å². The topological polar surface area (TPSA) is 88.9 Å². The van der Waals surface area contributed by atoms with Crippen LogP contribution in [0.1, 0.15) is 40.9 Å². The number of nitrogens with zero attached hydrogens (tertiary/aromatic N) is 3. The van der Waals surface area contributed by atoms with Crippen molar-refractivity contribution in [3.05, 3.63) is 83.4 Å². The van der Waals surface area contributed by atoms with Crippen LogP contribution in [0.4, 0.5) is 0 Å². The van der Waals surface area contributed by atoms with Gasteiger partial charge >= 0.3 is 0 Å².